The van der Waals surface area contributed by atoms with Crippen molar-refractivity contribution >= 4 is 58.0 Å². The Balaban J connectivity index is 1.50. The standard InChI is InChI=1S/C19H22N2O4S3/c1-25-13-6-4-12(5-7-13)9-16-18(24)21(19(26)28-16)8-2-3-17(23)20-14-10-27-11-15(14)22/h4-7,9,14-15,22H,2-3,8,10-11H2,1H3,(H,20,23)/b16-9-/t14-,15+/m1/s1. The van der Waals surface area contributed by atoms with Crippen LogP contribution in [0, 0.1) is 0 Å². The molecule has 3 rings (SSSR count). The largest absolute Gasteiger partial charge is 0.497 e. The van der Waals surface area contributed by atoms with Gasteiger partial charge in [0.05, 0.1) is 24.2 Å². The molecule has 6 nitrogen and oxygen atoms in total. The van der Waals surface area contributed by atoms with Gasteiger partial charge >= 0.3 is 0 Å². The first kappa shape index (κ1) is 21.2. The number of thiocarbonyl (C=S) groups is 1. The number of nitrogens with zero attached hydrogens (tertiary/aromatic N) is 1. The molecule has 0 spiro atoms. The number of amides is 2. The van der Waals surface area contributed by atoms with Crippen molar-refractivity contribution < 1.29 is 19.4 Å². The van der Waals surface area contributed by atoms with Gasteiger partial charge in [-0.2, -0.15) is 11.8 Å². The lowest BCUT2D eigenvalue weighted by molar-refractivity contribution is -0.124. The minimum absolute atomic E-state index is 0.106. The van der Waals surface area contributed by atoms with E-state index in [0.29, 0.717) is 34.4 Å². The summed E-state index contributed by atoms with van der Waals surface area (Å²) in [7, 11) is 1.61. The number of carbonyl (C=O) groups is 2. The number of carbonyl (C=O) groups excluding carboxylic acids is 2. The van der Waals surface area contributed by atoms with Gasteiger partial charge in [-0.25, -0.2) is 0 Å². The molecular formula is C19H22N2O4S3. The maximum atomic E-state index is 12.6. The van der Waals surface area contributed by atoms with Crippen LogP contribution in [-0.4, -0.2) is 63.4 Å². The van der Waals surface area contributed by atoms with Gasteiger partial charge < -0.3 is 15.2 Å². The van der Waals surface area contributed by atoms with Crippen molar-refractivity contribution in [3.63, 3.8) is 0 Å². The quantitative estimate of drug-likeness (QED) is 0.499. The molecule has 2 aliphatic heterocycles. The van der Waals surface area contributed by atoms with Crippen LogP contribution in [0.2, 0.25) is 0 Å². The van der Waals surface area contributed by atoms with Crippen LogP contribution in [0.1, 0.15) is 18.4 Å². The highest BCUT2D eigenvalue weighted by molar-refractivity contribution is 8.26. The van der Waals surface area contributed by atoms with Gasteiger partial charge in [-0.1, -0.05) is 36.1 Å². The third-order valence-corrected chi connectivity index (χ3v) is 7.02. The predicted octanol–water partition coefficient (Wildman–Crippen LogP) is 2.27. The van der Waals surface area contributed by atoms with E-state index in [1.165, 1.54) is 11.8 Å². The van der Waals surface area contributed by atoms with E-state index in [-0.39, 0.29) is 17.9 Å². The zero-order valence-electron chi connectivity index (χ0n) is 15.4. The van der Waals surface area contributed by atoms with E-state index in [1.54, 1.807) is 23.8 Å². The summed E-state index contributed by atoms with van der Waals surface area (Å²) in [4.78, 5) is 26.8. The van der Waals surface area contributed by atoms with Gasteiger partial charge in [0.25, 0.3) is 5.91 Å². The number of aliphatic hydroxyl groups is 1. The van der Waals surface area contributed by atoms with Crippen LogP contribution < -0.4 is 10.1 Å². The number of hydrogen-bond acceptors (Lipinski definition) is 7. The first-order chi connectivity index (χ1) is 13.5. The minimum atomic E-state index is -0.483. The molecule has 9 heteroatoms. The monoisotopic (exact) mass is 438 g/mol. The average Bonchev–Trinajstić information content (AvgIpc) is 3.20. The fourth-order valence-corrected chi connectivity index (χ4v) is 5.38. The van der Waals surface area contributed by atoms with E-state index in [0.717, 1.165) is 17.1 Å². The van der Waals surface area contributed by atoms with Crippen LogP contribution in [0.5, 0.6) is 5.75 Å². The highest BCUT2D eigenvalue weighted by Crippen LogP contribution is 2.33. The molecule has 2 saturated heterocycles. The van der Waals surface area contributed by atoms with Crippen LogP contribution >= 0.6 is 35.7 Å². The second-order valence-corrected chi connectivity index (χ2v) is 9.24. The second kappa shape index (κ2) is 9.78. The summed E-state index contributed by atoms with van der Waals surface area (Å²) >= 11 is 8.23. The van der Waals surface area contributed by atoms with Crippen LogP contribution in [0.3, 0.4) is 0 Å². The van der Waals surface area contributed by atoms with Gasteiger partial charge in [0.2, 0.25) is 5.91 Å². The van der Waals surface area contributed by atoms with Crippen molar-refractivity contribution in [2.75, 3.05) is 25.2 Å². The number of benzene rings is 1. The summed E-state index contributed by atoms with van der Waals surface area (Å²) in [6.45, 7) is 0.403. The van der Waals surface area contributed by atoms with E-state index in [1.807, 2.05) is 30.3 Å². The molecule has 0 unspecified atom stereocenters. The maximum absolute atomic E-state index is 12.6. The van der Waals surface area contributed by atoms with Gasteiger partial charge in [0.1, 0.15) is 10.1 Å². The SMILES string of the molecule is COc1ccc(/C=C2\SC(=S)N(CCCC(=O)N[C@@H]3CSC[C@@H]3O)C2=O)cc1. The zero-order valence-corrected chi connectivity index (χ0v) is 17.9. The van der Waals surface area contributed by atoms with Crippen molar-refractivity contribution in [3.05, 3.63) is 34.7 Å². The Morgan fingerprint density at radius 2 is 2.14 bits per heavy atom. The lowest BCUT2D eigenvalue weighted by Crippen LogP contribution is -2.42. The molecule has 2 amide bonds. The Labute approximate surface area is 178 Å². The van der Waals surface area contributed by atoms with E-state index in [4.69, 9.17) is 17.0 Å². The molecule has 0 bridgehead atoms. The Kier molecular flexibility index (Phi) is 7.39. The summed E-state index contributed by atoms with van der Waals surface area (Å²) < 4.78 is 5.64. The molecule has 28 heavy (non-hydrogen) atoms. The molecular weight excluding hydrogens is 416 g/mol. The smallest absolute Gasteiger partial charge is 0.266 e. The molecule has 1 aromatic rings. The molecule has 2 N–H and O–H groups in total. The molecule has 1 aromatic carbocycles. The number of rotatable bonds is 7. The van der Waals surface area contributed by atoms with Crippen molar-refractivity contribution in [3.8, 4) is 5.75 Å². The normalized spacial score (nSPS) is 23.5. The third-order valence-electron chi connectivity index (χ3n) is 4.47. The Bertz CT molecular complexity index is 782. The molecule has 0 radical (unpaired) electrons. The molecule has 0 aliphatic carbocycles. The van der Waals surface area contributed by atoms with Crippen molar-refractivity contribution in [2.24, 2.45) is 0 Å². The van der Waals surface area contributed by atoms with Crippen LogP contribution in [0.4, 0.5) is 0 Å². The van der Waals surface area contributed by atoms with E-state index in [2.05, 4.69) is 5.32 Å². The van der Waals surface area contributed by atoms with Gasteiger partial charge in [0, 0.05) is 24.5 Å². The minimum Gasteiger partial charge on any atom is -0.497 e. The van der Waals surface area contributed by atoms with Crippen molar-refractivity contribution in [1.82, 2.24) is 10.2 Å². The zero-order chi connectivity index (χ0) is 20.1. The van der Waals surface area contributed by atoms with Gasteiger partial charge in [-0.15, -0.1) is 0 Å². The number of aliphatic hydroxyl groups excluding tert-OH is 1. The number of nitrogens with one attached hydrogen (secondary N) is 1. The Morgan fingerprint density at radius 3 is 2.79 bits per heavy atom. The lowest BCUT2D eigenvalue weighted by Gasteiger charge is -2.17. The molecule has 0 saturated carbocycles. The average molecular weight is 439 g/mol. The number of methoxy groups -OCH3 is 1. The van der Waals surface area contributed by atoms with E-state index >= 15 is 0 Å². The Morgan fingerprint density at radius 1 is 1.39 bits per heavy atom. The van der Waals surface area contributed by atoms with E-state index in [9.17, 15) is 14.7 Å². The first-order valence-corrected chi connectivity index (χ1v) is 11.3. The second-order valence-electron chi connectivity index (χ2n) is 6.49. The van der Waals surface area contributed by atoms with Crippen LogP contribution in [-0.2, 0) is 9.59 Å². The molecule has 0 aromatic heterocycles. The predicted molar refractivity (Wildman–Crippen MR) is 117 cm³/mol. The summed E-state index contributed by atoms with van der Waals surface area (Å²) in [6.07, 6.45) is 2.14. The fraction of sp³-hybridized carbons (Fsp3) is 0.421. The molecule has 2 heterocycles. The number of thioether (sulfide) groups is 2. The number of hydrogen-bond donors (Lipinski definition) is 2. The topological polar surface area (TPSA) is 78.9 Å². The van der Waals surface area contributed by atoms with Gasteiger partial charge in [-0.3, -0.25) is 14.5 Å². The third kappa shape index (κ3) is 5.28. The molecule has 150 valence electrons. The molecule has 2 aliphatic rings. The summed E-state index contributed by atoms with van der Waals surface area (Å²) in [5, 5.41) is 12.6. The molecule has 2 atom stereocenters. The highest BCUT2D eigenvalue weighted by atomic mass is 32.2. The highest BCUT2D eigenvalue weighted by Gasteiger charge is 2.32. The van der Waals surface area contributed by atoms with Crippen molar-refractivity contribution in [1.29, 1.82) is 0 Å². The van der Waals surface area contributed by atoms with Gasteiger partial charge in [-0.05, 0) is 30.2 Å². The lowest BCUT2D eigenvalue weighted by atomic mass is 10.2. The summed E-state index contributed by atoms with van der Waals surface area (Å²) in [6, 6.07) is 7.26. The molecule has 2 fully saturated rings. The van der Waals surface area contributed by atoms with Crippen molar-refractivity contribution in [2.45, 2.75) is 25.0 Å². The summed E-state index contributed by atoms with van der Waals surface area (Å²) in [5.74, 6) is 1.91. The number of ether oxygens (including phenoxy) is 1. The Hall–Kier alpha value is -1.55. The summed E-state index contributed by atoms with van der Waals surface area (Å²) in [5.41, 5.74) is 0.897. The van der Waals surface area contributed by atoms with E-state index < -0.39 is 6.10 Å². The van der Waals surface area contributed by atoms with Crippen LogP contribution in [0.25, 0.3) is 6.08 Å². The van der Waals surface area contributed by atoms with Crippen LogP contribution in [0.15, 0.2) is 29.2 Å². The first-order valence-electron chi connectivity index (χ1n) is 8.92. The van der Waals surface area contributed by atoms with Gasteiger partial charge in [0.15, 0.2) is 0 Å². The fourth-order valence-electron chi connectivity index (χ4n) is 2.90. The maximum Gasteiger partial charge on any atom is 0.266 e.